The first-order valence-electron chi connectivity index (χ1n) is 6.97. The first-order chi connectivity index (χ1) is 9.47. The van der Waals surface area contributed by atoms with E-state index in [4.69, 9.17) is 0 Å². The Labute approximate surface area is 118 Å². The van der Waals surface area contributed by atoms with Crippen LogP contribution in [0.5, 0.6) is 0 Å². The Balaban J connectivity index is 2.10. The van der Waals surface area contributed by atoms with Crippen molar-refractivity contribution in [3.8, 4) is 0 Å². The van der Waals surface area contributed by atoms with Gasteiger partial charge in [0.15, 0.2) is 0 Å². The number of hydrogen-bond donors (Lipinski definition) is 1. The molecule has 0 fully saturated rings. The Kier molecular flexibility index (Phi) is 4.57. The number of fused-ring (bicyclic) bond motifs is 1. The van der Waals surface area contributed by atoms with Gasteiger partial charge in [-0.3, -0.25) is 4.79 Å². The average Bonchev–Trinajstić information content (AvgIpc) is 2.35. The van der Waals surface area contributed by atoms with E-state index in [0.29, 0.717) is 36.7 Å². The van der Waals surface area contributed by atoms with Crippen LogP contribution in [0.4, 0.5) is 14.5 Å². The Morgan fingerprint density at radius 3 is 2.85 bits per heavy atom. The molecule has 1 amide bonds. The molecule has 0 saturated carbocycles. The third-order valence-electron chi connectivity index (χ3n) is 3.34. The smallest absolute Gasteiger partial charge is 0.239 e. The number of hydrogen-bond acceptors (Lipinski definition) is 2. The van der Waals surface area contributed by atoms with Crippen LogP contribution in [0.1, 0.15) is 25.8 Å². The predicted octanol–water partition coefficient (Wildman–Crippen LogP) is 2.49. The van der Waals surface area contributed by atoms with Gasteiger partial charge in [0, 0.05) is 19.2 Å². The first kappa shape index (κ1) is 14.8. The minimum absolute atomic E-state index is 0.113. The molecule has 3 nitrogen and oxygen atoms in total. The minimum Gasteiger partial charge on any atom is -0.360 e. The summed E-state index contributed by atoms with van der Waals surface area (Å²) in [6.07, 6.45) is 1.45. The van der Waals surface area contributed by atoms with Gasteiger partial charge in [-0.15, -0.1) is 0 Å². The van der Waals surface area contributed by atoms with E-state index >= 15 is 0 Å². The molecule has 1 aliphatic heterocycles. The maximum Gasteiger partial charge on any atom is 0.239 e. The second-order valence-corrected chi connectivity index (χ2v) is 5.62. The molecule has 0 saturated heterocycles. The molecule has 0 bridgehead atoms. The highest BCUT2D eigenvalue weighted by molar-refractivity contribution is 5.82. The second-order valence-electron chi connectivity index (χ2n) is 5.62. The van der Waals surface area contributed by atoms with Gasteiger partial charge < -0.3 is 10.2 Å². The number of halogens is 2. The molecule has 0 unspecified atom stereocenters. The SMILES string of the molecule is CC(C)CNC(=O)CN1CCCc2cc(F)cc(F)c21. The van der Waals surface area contributed by atoms with Gasteiger partial charge >= 0.3 is 0 Å². The van der Waals surface area contributed by atoms with Gasteiger partial charge in [-0.1, -0.05) is 13.8 Å². The van der Waals surface area contributed by atoms with E-state index in [-0.39, 0.29) is 12.5 Å². The highest BCUT2D eigenvalue weighted by Gasteiger charge is 2.23. The quantitative estimate of drug-likeness (QED) is 0.920. The molecule has 1 aromatic carbocycles. The topological polar surface area (TPSA) is 32.3 Å². The number of nitrogens with one attached hydrogen (secondary N) is 1. The molecule has 0 spiro atoms. The van der Waals surface area contributed by atoms with Gasteiger partial charge in [0.05, 0.1) is 12.2 Å². The van der Waals surface area contributed by atoms with Crippen molar-refractivity contribution in [1.29, 1.82) is 0 Å². The van der Waals surface area contributed by atoms with Crippen LogP contribution in [0.15, 0.2) is 12.1 Å². The van der Waals surface area contributed by atoms with E-state index in [0.717, 1.165) is 12.5 Å². The zero-order valence-corrected chi connectivity index (χ0v) is 11.9. The molecule has 110 valence electrons. The highest BCUT2D eigenvalue weighted by atomic mass is 19.1. The van der Waals surface area contributed by atoms with Crippen LogP contribution in [0.3, 0.4) is 0 Å². The van der Waals surface area contributed by atoms with Gasteiger partial charge in [0.25, 0.3) is 0 Å². The number of benzene rings is 1. The molecule has 0 radical (unpaired) electrons. The van der Waals surface area contributed by atoms with Gasteiger partial charge in [0.2, 0.25) is 5.91 Å². The molecular formula is C15H20F2N2O. The van der Waals surface area contributed by atoms with Crippen LogP contribution in [0.2, 0.25) is 0 Å². The summed E-state index contributed by atoms with van der Waals surface area (Å²) in [5.41, 5.74) is 1.02. The fourth-order valence-electron chi connectivity index (χ4n) is 2.44. The van der Waals surface area contributed by atoms with Crippen LogP contribution in [-0.4, -0.2) is 25.5 Å². The van der Waals surface area contributed by atoms with Crippen molar-refractivity contribution < 1.29 is 13.6 Å². The molecule has 1 aliphatic rings. The lowest BCUT2D eigenvalue weighted by Gasteiger charge is -2.31. The molecule has 0 atom stereocenters. The average molecular weight is 282 g/mol. The van der Waals surface area contributed by atoms with Crippen molar-refractivity contribution >= 4 is 11.6 Å². The molecule has 0 aromatic heterocycles. The Morgan fingerprint density at radius 1 is 1.40 bits per heavy atom. The highest BCUT2D eigenvalue weighted by Crippen LogP contribution is 2.30. The lowest BCUT2D eigenvalue weighted by Crippen LogP contribution is -2.41. The standard InChI is InChI=1S/C15H20F2N2O/c1-10(2)8-18-14(20)9-19-5-3-4-11-6-12(16)7-13(17)15(11)19/h6-7,10H,3-5,8-9H2,1-2H3,(H,18,20). The Hall–Kier alpha value is -1.65. The maximum atomic E-state index is 13.9. The summed E-state index contributed by atoms with van der Waals surface area (Å²) < 4.78 is 27.2. The number of nitrogens with zero attached hydrogens (tertiary/aromatic N) is 1. The summed E-state index contributed by atoms with van der Waals surface area (Å²) in [4.78, 5) is 13.6. The van der Waals surface area contributed by atoms with E-state index in [1.54, 1.807) is 4.90 Å². The number of carbonyl (C=O) groups excluding carboxylic acids is 1. The summed E-state index contributed by atoms with van der Waals surface area (Å²) in [7, 11) is 0. The molecule has 1 N–H and O–H groups in total. The third kappa shape index (κ3) is 3.46. The molecule has 0 aliphatic carbocycles. The van der Waals surface area contributed by atoms with Crippen molar-refractivity contribution in [1.82, 2.24) is 5.32 Å². The Bertz CT molecular complexity index is 503. The van der Waals surface area contributed by atoms with Gasteiger partial charge in [0.1, 0.15) is 11.6 Å². The number of amides is 1. The van der Waals surface area contributed by atoms with Crippen molar-refractivity contribution in [3.05, 3.63) is 29.3 Å². The summed E-state index contributed by atoms with van der Waals surface area (Å²) in [6, 6.07) is 2.24. The number of aryl methyl sites for hydroxylation is 1. The summed E-state index contributed by atoms with van der Waals surface area (Å²) in [6.45, 7) is 5.36. The second kappa shape index (κ2) is 6.20. The molecule has 20 heavy (non-hydrogen) atoms. The van der Waals surface area contributed by atoms with Gasteiger partial charge in [-0.05, 0) is 30.4 Å². The van der Waals surface area contributed by atoms with E-state index in [2.05, 4.69) is 5.32 Å². The van der Waals surface area contributed by atoms with E-state index in [9.17, 15) is 13.6 Å². The van der Waals surface area contributed by atoms with Crippen LogP contribution in [0, 0.1) is 17.6 Å². The third-order valence-corrected chi connectivity index (χ3v) is 3.34. The van der Waals surface area contributed by atoms with Crippen LogP contribution >= 0.6 is 0 Å². The summed E-state index contributed by atoms with van der Waals surface area (Å²) >= 11 is 0. The zero-order valence-electron chi connectivity index (χ0n) is 11.9. The first-order valence-corrected chi connectivity index (χ1v) is 6.97. The summed E-state index contributed by atoms with van der Waals surface area (Å²) in [5.74, 6) is -0.905. The molecule has 1 heterocycles. The largest absolute Gasteiger partial charge is 0.360 e. The Morgan fingerprint density at radius 2 is 2.15 bits per heavy atom. The fraction of sp³-hybridized carbons (Fsp3) is 0.533. The van der Waals surface area contributed by atoms with Gasteiger partial charge in [-0.2, -0.15) is 0 Å². The maximum absolute atomic E-state index is 13.9. The predicted molar refractivity (Wildman–Crippen MR) is 74.7 cm³/mol. The number of rotatable bonds is 4. The van der Waals surface area contributed by atoms with Crippen molar-refractivity contribution in [2.24, 2.45) is 5.92 Å². The number of anilines is 1. The van der Waals surface area contributed by atoms with Gasteiger partial charge in [-0.25, -0.2) is 8.78 Å². The lowest BCUT2D eigenvalue weighted by molar-refractivity contribution is -0.119. The van der Waals surface area contributed by atoms with E-state index in [1.807, 2.05) is 13.8 Å². The van der Waals surface area contributed by atoms with Crippen LogP contribution in [0.25, 0.3) is 0 Å². The van der Waals surface area contributed by atoms with Crippen LogP contribution < -0.4 is 10.2 Å². The van der Waals surface area contributed by atoms with Crippen LogP contribution in [-0.2, 0) is 11.2 Å². The van der Waals surface area contributed by atoms with Crippen molar-refractivity contribution in [2.45, 2.75) is 26.7 Å². The molecular weight excluding hydrogens is 262 g/mol. The molecule has 2 rings (SSSR count). The molecule has 5 heteroatoms. The van der Waals surface area contributed by atoms with E-state index in [1.165, 1.54) is 6.07 Å². The lowest BCUT2D eigenvalue weighted by atomic mass is 10.0. The van der Waals surface area contributed by atoms with E-state index < -0.39 is 11.6 Å². The molecule has 1 aromatic rings. The van der Waals surface area contributed by atoms with Crippen molar-refractivity contribution in [3.63, 3.8) is 0 Å². The number of carbonyl (C=O) groups is 1. The normalized spacial score (nSPS) is 14.3. The minimum atomic E-state index is -0.587. The summed E-state index contributed by atoms with van der Waals surface area (Å²) in [5, 5.41) is 2.81. The monoisotopic (exact) mass is 282 g/mol. The van der Waals surface area contributed by atoms with Crippen molar-refractivity contribution in [2.75, 3.05) is 24.5 Å². The zero-order chi connectivity index (χ0) is 14.7. The fourth-order valence-corrected chi connectivity index (χ4v) is 2.44.